The van der Waals surface area contributed by atoms with Gasteiger partial charge in [-0.1, -0.05) is 29.8 Å². The van der Waals surface area contributed by atoms with E-state index >= 15 is 0 Å². The molecule has 0 spiro atoms. The minimum atomic E-state index is -0.554. The first-order chi connectivity index (χ1) is 9.06. The molecule has 0 heterocycles. The van der Waals surface area contributed by atoms with Crippen LogP contribution in [0.4, 0.5) is 4.39 Å². The van der Waals surface area contributed by atoms with Crippen molar-refractivity contribution in [3.8, 4) is 11.5 Å². The van der Waals surface area contributed by atoms with E-state index in [9.17, 15) is 4.39 Å². The zero-order chi connectivity index (χ0) is 13.8. The van der Waals surface area contributed by atoms with Crippen LogP contribution < -0.4 is 10.5 Å². The summed E-state index contributed by atoms with van der Waals surface area (Å²) in [4.78, 5) is 0. The van der Waals surface area contributed by atoms with E-state index in [4.69, 9.17) is 22.1 Å². The van der Waals surface area contributed by atoms with Gasteiger partial charge in [-0.15, -0.1) is 0 Å². The predicted molar refractivity (Wildman–Crippen MR) is 75.3 cm³/mol. The maximum absolute atomic E-state index is 13.7. The van der Waals surface area contributed by atoms with Crippen molar-refractivity contribution in [3.05, 3.63) is 58.9 Å². The minimum absolute atomic E-state index is 0.0456. The molecule has 100 valence electrons. The Kier molecular flexibility index (Phi) is 4.40. The van der Waals surface area contributed by atoms with Crippen molar-refractivity contribution in [1.29, 1.82) is 0 Å². The molecule has 2 rings (SSSR count). The summed E-state index contributed by atoms with van der Waals surface area (Å²) in [5, 5.41) is 0.0456. The third kappa shape index (κ3) is 3.69. The van der Waals surface area contributed by atoms with E-state index in [0.29, 0.717) is 5.75 Å². The van der Waals surface area contributed by atoms with Crippen LogP contribution in [0.3, 0.4) is 0 Å². The van der Waals surface area contributed by atoms with Crippen molar-refractivity contribution in [2.24, 2.45) is 5.73 Å². The van der Waals surface area contributed by atoms with Gasteiger partial charge in [-0.3, -0.25) is 0 Å². The zero-order valence-electron chi connectivity index (χ0n) is 10.6. The molecular formula is C15H15ClFNO. The van der Waals surface area contributed by atoms with Crippen LogP contribution in [0, 0.1) is 5.82 Å². The van der Waals surface area contributed by atoms with E-state index in [0.717, 1.165) is 12.0 Å². The summed E-state index contributed by atoms with van der Waals surface area (Å²) >= 11 is 5.71. The fraction of sp³-hybridized carbons (Fsp3) is 0.200. The Hall–Kier alpha value is -1.58. The van der Waals surface area contributed by atoms with Crippen LogP contribution in [-0.4, -0.2) is 6.04 Å². The van der Waals surface area contributed by atoms with Gasteiger partial charge in [0.1, 0.15) is 5.75 Å². The number of benzene rings is 2. The van der Waals surface area contributed by atoms with Gasteiger partial charge >= 0.3 is 0 Å². The summed E-state index contributed by atoms with van der Waals surface area (Å²) in [7, 11) is 0. The molecule has 4 heteroatoms. The van der Waals surface area contributed by atoms with Crippen molar-refractivity contribution < 1.29 is 9.13 Å². The summed E-state index contributed by atoms with van der Waals surface area (Å²) in [6, 6.07) is 12.2. The average molecular weight is 280 g/mol. The van der Waals surface area contributed by atoms with Gasteiger partial charge in [0.25, 0.3) is 0 Å². The van der Waals surface area contributed by atoms with Crippen LogP contribution in [0.15, 0.2) is 42.5 Å². The Balaban J connectivity index is 2.21. The number of hydrogen-bond acceptors (Lipinski definition) is 2. The third-order valence-electron chi connectivity index (χ3n) is 2.60. The maximum atomic E-state index is 13.7. The van der Waals surface area contributed by atoms with Crippen LogP contribution >= 0.6 is 11.6 Å². The number of rotatable bonds is 4. The van der Waals surface area contributed by atoms with Crippen LogP contribution in [0.1, 0.15) is 12.5 Å². The van der Waals surface area contributed by atoms with E-state index in [1.54, 1.807) is 18.2 Å². The molecule has 2 N–H and O–H groups in total. The molecule has 2 nitrogen and oxygen atoms in total. The molecule has 0 aromatic heterocycles. The molecular weight excluding hydrogens is 265 g/mol. The summed E-state index contributed by atoms with van der Waals surface area (Å²) in [5.74, 6) is 0.131. The summed E-state index contributed by atoms with van der Waals surface area (Å²) in [5.41, 5.74) is 6.80. The fourth-order valence-corrected chi connectivity index (χ4v) is 1.96. The Morgan fingerprint density at radius 2 is 2.00 bits per heavy atom. The fourth-order valence-electron chi connectivity index (χ4n) is 1.80. The van der Waals surface area contributed by atoms with Crippen molar-refractivity contribution >= 4 is 11.6 Å². The quantitative estimate of drug-likeness (QED) is 0.912. The van der Waals surface area contributed by atoms with Crippen LogP contribution in [0.5, 0.6) is 11.5 Å². The normalized spacial score (nSPS) is 12.2. The second-order valence-electron chi connectivity index (χ2n) is 4.48. The van der Waals surface area contributed by atoms with Gasteiger partial charge in [0.2, 0.25) is 0 Å². The molecule has 2 aromatic rings. The van der Waals surface area contributed by atoms with E-state index in [1.165, 1.54) is 6.07 Å². The van der Waals surface area contributed by atoms with Crippen LogP contribution in [-0.2, 0) is 6.42 Å². The molecule has 0 aliphatic carbocycles. The molecule has 0 saturated carbocycles. The molecule has 0 bridgehead atoms. The number of halogens is 2. The Labute approximate surface area is 117 Å². The Bertz CT molecular complexity index is 572. The summed E-state index contributed by atoms with van der Waals surface area (Å²) in [6.07, 6.45) is 0.745. The zero-order valence-corrected chi connectivity index (χ0v) is 11.3. The van der Waals surface area contributed by atoms with Gasteiger partial charge in [-0.2, -0.15) is 0 Å². The molecule has 0 radical (unpaired) electrons. The highest BCUT2D eigenvalue weighted by atomic mass is 35.5. The van der Waals surface area contributed by atoms with Gasteiger partial charge in [0.05, 0.1) is 5.02 Å². The van der Waals surface area contributed by atoms with E-state index in [2.05, 4.69) is 0 Å². The molecule has 0 amide bonds. The molecule has 1 atom stereocenters. The van der Waals surface area contributed by atoms with Gasteiger partial charge < -0.3 is 10.5 Å². The van der Waals surface area contributed by atoms with Crippen LogP contribution in [0.2, 0.25) is 5.02 Å². The molecule has 1 unspecified atom stereocenters. The first kappa shape index (κ1) is 13.8. The highest BCUT2D eigenvalue weighted by Crippen LogP contribution is 2.29. The molecule has 19 heavy (non-hydrogen) atoms. The van der Waals surface area contributed by atoms with Crippen molar-refractivity contribution in [2.45, 2.75) is 19.4 Å². The lowest BCUT2D eigenvalue weighted by atomic mass is 10.1. The molecule has 0 aliphatic heterocycles. The Morgan fingerprint density at radius 3 is 2.74 bits per heavy atom. The summed E-state index contributed by atoms with van der Waals surface area (Å²) < 4.78 is 19.2. The van der Waals surface area contributed by atoms with Gasteiger partial charge in [-0.25, -0.2) is 4.39 Å². The van der Waals surface area contributed by atoms with E-state index < -0.39 is 5.82 Å². The van der Waals surface area contributed by atoms with Crippen LogP contribution in [0.25, 0.3) is 0 Å². The lowest BCUT2D eigenvalue weighted by molar-refractivity contribution is 0.442. The number of ether oxygens (including phenoxy) is 1. The molecule has 0 saturated heterocycles. The van der Waals surface area contributed by atoms with Gasteiger partial charge in [0.15, 0.2) is 11.6 Å². The minimum Gasteiger partial charge on any atom is -0.454 e. The molecule has 2 aromatic carbocycles. The number of hydrogen-bond donors (Lipinski definition) is 1. The second kappa shape index (κ2) is 6.04. The SMILES string of the molecule is CC(N)Cc1cccc(Oc2cccc(Cl)c2F)c1. The maximum Gasteiger partial charge on any atom is 0.184 e. The van der Waals surface area contributed by atoms with Gasteiger partial charge in [0, 0.05) is 6.04 Å². The van der Waals surface area contributed by atoms with Crippen molar-refractivity contribution in [1.82, 2.24) is 0 Å². The van der Waals surface area contributed by atoms with Gasteiger partial charge in [-0.05, 0) is 43.2 Å². The first-order valence-corrected chi connectivity index (χ1v) is 6.40. The Morgan fingerprint density at radius 1 is 1.26 bits per heavy atom. The highest BCUT2D eigenvalue weighted by Gasteiger charge is 2.08. The molecule has 0 aliphatic rings. The first-order valence-electron chi connectivity index (χ1n) is 6.02. The third-order valence-corrected chi connectivity index (χ3v) is 2.89. The lowest BCUT2D eigenvalue weighted by Crippen LogP contribution is -2.17. The predicted octanol–water partition coefficient (Wildman–Crippen LogP) is 4.16. The smallest absolute Gasteiger partial charge is 0.184 e. The average Bonchev–Trinajstić information content (AvgIpc) is 2.35. The second-order valence-corrected chi connectivity index (χ2v) is 4.89. The monoisotopic (exact) mass is 279 g/mol. The van der Waals surface area contributed by atoms with E-state index in [1.807, 2.05) is 25.1 Å². The largest absolute Gasteiger partial charge is 0.454 e. The molecule has 0 fully saturated rings. The highest BCUT2D eigenvalue weighted by molar-refractivity contribution is 6.30. The topological polar surface area (TPSA) is 35.2 Å². The standard InChI is InChI=1S/C15H15ClFNO/c1-10(18)8-11-4-2-5-12(9-11)19-14-7-3-6-13(16)15(14)17/h2-7,9-10H,8,18H2,1H3. The van der Waals surface area contributed by atoms with Crippen molar-refractivity contribution in [2.75, 3.05) is 0 Å². The summed E-state index contributed by atoms with van der Waals surface area (Å²) in [6.45, 7) is 1.93. The lowest BCUT2D eigenvalue weighted by Gasteiger charge is -2.10. The number of nitrogens with two attached hydrogens (primary N) is 1. The van der Waals surface area contributed by atoms with E-state index in [-0.39, 0.29) is 16.8 Å². The van der Waals surface area contributed by atoms with Crippen molar-refractivity contribution in [3.63, 3.8) is 0 Å².